The molecule has 2 aromatic rings. The zero-order chi connectivity index (χ0) is 13.9. The van der Waals surface area contributed by atoms with Gasteiger partial charge in [0.25, 0.3) is 0 Å². The number of hydrogen-bond donors (Lipinski definition) is 1. The maximum Gasteiger partial charge on any atom is 0.127 e. The molecule has 4 heteroatoms. The number of rotatable bonds is 5. The van der Waals surface area contributed by atoms with Crippen molar-refractivity contribution in [2.24, 2.45) is 0 Å². The minimum Gasteiger partial charge on any atom is -0.493 e. The van der Waals surface area contributed by atoms with Gasteiger partial charge in [-0.15, -0.1) is 11.3 Å². The lowest BCUT2D eigenvalue weighted by Crippen LogP contribution is -2.13. The number of nitrogens with one attached hydrogen (secondary N) is 1. The summed E-state index contributed by atoms with van der Waals surface area (Å²) in [6.07, 6.45) is 2.13. The van der Waals surface area contributed by atoms with Gasteiger partial charge in [-0.25, -0.2) is 0 Å². The van der Waals surface area contributed by atoms with Crippen LogP contribution in [-0.4, -0.2) is 6.61 Å². The van der Waals surface area contributed by atoms with Crippen LogP contribution in [0.25, 0.3) is 0 Å². The van der Waals surface area contributed by atoms with Gasteiger partial charge in [-0.05, 0) is 41.1 Å². The maximum absolute atomic E-state index is 5.76. The van der Waals surface area contributed by atoms with E-state index >= 15 is 0 Å². The van der Waals surface area contributed by atoms with Crippen molar-refractivity contribution < 1.29 is 4.74 Å². The maximum atomic E-state index is 5.76. The van der Waals surface area contributed by atoms with Gasteiger partial charge in [-0.1, -0.05) is 22.9 Å². The molecule has 0 saturated carbocycles. The number of ether oxygens (including phenoxy) is 1. The monoisotopic (exact) mass is 351 g/mol. The van der Waals surface area contributed by atoms with Gasteiger partial charge >= 0.3 is 0 Å². The van der Waals surface area contributed by atoms with E-state index in [4.69, 9.17) is 4.74 Å². The van der Waals surface area contributed by atoms with Gasteiger partial charge in [0, 0.05) is 34.4 Å². The van der Waals surface area contributed by atoms with Gasteiger partial charge in [-0.3, -0.25) is 0 Å². The molecule has 0 unspecified atom stereocenters. The summed E-state index contributed by atoms with van der Waals surface area (Å²) in [4.78, 5) is 1.44. The van der Waals surface area contributed by atoms with Gasteiger partial charge in [-0.2, -0.15) is 0 Å². The SMILES string of the molecule is CCc1ccsc1CNCc1cc(Br)cc2c1OCC2. The van der Waals surface area contributed by atoms with Crippen molar-refractivity contribution >= 4 is 27.3 Å². The predicted molar refractivity (Wildman–Crippen MR) is 87.6 cm³/mol. The summed E-state index contributed by atoms with van der Waals surface area (Å²) in [7, 11) is 0. The van der Waals surface area contributed by atoms with Crippen molar-refractivity contribution in [1.82, 2.24) is 5.32 Å². The molecule has 20 heavy (non-hydrogen) atoms. The quantitative estimate of drug-likeness (QED) is 0.866. The highest BCUT2D eigenvalue weighted by Gasteiger charge is 2.17. The Balaban J connectivity index is 1.67. The summed E-state index contributed by atoms with van der Waals surface area (Å²) in [6, 6.07) is 6.55. The Hall–Kier alpha value is -0.840. The second-order valence-corrected chi connectivity index (χ2v) is 6.89. The first-order valence-corrected chi connectivity index (χ1v) is 8.65. The van der Waals surface area contributed by atoms with Crippen molar-refractivity contribution in [3.63, 3.8) is 0 Å². The van der Waals surface area contributed by atoms with E-state index in [2.05, 4.69) is 51.7 Å². The molecule has 1 aliphatic heterocycles. The Kier molecular flexibility index (Phi) is 4.44. The molecule has 1 N–H and O–H groups in total. The minimum atomic E-state index is 0.809. The molecule has 0 fully saturated rings. The van der Waals surface area contributed by atoms with Crippen LogP contribution in [0.5, 0.6) is 5.75 Å². The van der Waals surface area contributed by atoms with Gasteiger partial charge in [0.2, 0.25) is 0 Å². The molecular weight excluding hydrogens is 334 g/mol. The summed E-state index contributed by atoms with van der Waals surface area (Å²) in [5.74, 6) is 1.09. The van der Waals surface area contributed by atoms with E-state index in [0.717, 1.165) is 42.8 Å². The number of halogens is 1. The molecule has 2 nitrogen and oxygen atoms in total. The third-order valence-corrected chi connectivity index (χ3v) is 5.07. The van der Waals surface area contributed by atoms with E-state index < -0.39 is 0 Å². The normalized spacial score (nSPS) is 13.3. The van der Waals surface area contributed by atoms with E-state index in [1.54, 1.807) is 0 Å². The molecule has 1 aromatic carbocycles. The molecule has 0 saturated heterocycles. The summed E-state index contributed by atoms with van der Waals surface area (Å²) < 4.78 is 6.90. The summed E-state index contributed by atoms with van der Waals surface area (Å²) >= 11 is 5.42. The van der Waals surface area contributed by atoms with E-state index in [0.29, 0.717) is 0 Å². The highest BCUT2D eigenvalue weighted by Crippen LogP contribution is 2.33. The minimum absolute atomic E-state index is 0.809. The number of hydrogen-bond acceptors (Lipinski definition) is 3. The second kappa shape index (κ2) is 6.29. The van der Waals surface area contributed by atoms with Crippen molar-refractivity contribution in [2.75, 3.05) is 6.61 Å². The first kappa shape index (κ1) is 14.1. The van der Waals surface area contributed by atoms with E-state index in [-0.39, 0.29) is 0 Å². The molecule has 0 aliphatic carbocycles. The highest BCUT2D eigenvalue weighted by atomic mass is 79.9. The average molecular weight is 352 g/mol. The molecule has 3 rings (SSSR count). The molecule has 1 aromatic heterocycles. The summed E-state index contributed by atoms with van der Waals surface area (Å²) in [5, 5.41) is 5.72. The lowest BCUT2D eigenvalue weighted by molar-refractivity contribution is 0.352. The first-order chi connectivity index (χ1) is 9.78. The van der Waals surface area contributed by atoms with E-state index in [1.807, 2.05) is 11.3 Å². The molecule has 0 spiro atoms. The molecule has 0 amide bonds. The van der Waals surface area contributed by atoms with Crippen LogP contribution in [0.3, 0.4) is 0 Å². The third-order valence-electron chi connectivity index (χ3n) is 3.64. The van der Waals surface area contributed by atoms with Gasteiger partial charge in [0.15, 0.2) is 0 Å². The van der Waals surface area contributed by atoms with Crippen LogP contribution in [0.15, 0.2) is 28.1 Å². The molecule has 106 valence electrons. The molecule has 0 bridgehead atoms. The fraction of sp³-hybridized carbons (Fsp3) is 0.375. The highest BCUT2D eigenvalue weighted by molar-refractivity contribution is 9.10. The van der Waals surface area contributed by atoms with Crippen molar-refractivity contribution in [3.05, 3.63) is 49.6 Å². The van der Waals surface area contributed by atoms with Gasteiger partial charge in [0.1, 0.15) is 5.75 Å². The molecule has 0 radical (unpaired) electrons. The molecule has 1 aliphatic rings. The number of aryl methyl sites for hydroxylation is 1. The fourth-order valence-electron chi connectivity index (χ4n) is 2.63. The number of benzene rings is 1. The summed E-state index contributed by atoms with van der Waals surface area (Å²) in [6.45, 7) is 4.80. The average Bonchev–Trinajstić information content (AvgIpc) is 3.06. The lowest BCUT2D eigenvalue weighted by atomic mass is 10.1. The predicted octanol–water partition coefficient (Wildman–Crippen LogP) is 4.30. The fourth-order valence-corrected chi connectivity index (χ4v) is 4.12. The summed E-state index contributed by atoms with van der Waals surface area (Å²) in [5.41, 5.74) is 4.03. The van der Waals surface area contributed by atoms with Crippen molar-refractivity contribution in [1.29, 1.82) is 0 Å². The second-order valence-electron chi connectivity index (χ2n) is 4.98. The van der Waals surface area contributed by atoms with Crippen LogP contribution in [0.1, 0.15) is 28.5 Å². The van der Waals surface area contributed by atoms with Crippen LogP contribution in [0, 0.1) is 0 Å². The Morgan fingerprint density at radius 3 is 3.05 bits per heavy atom. The molecule has 2 heterocycles. The number of fused-ring (bicyclic) bond motifs is 1. The number of thiophene rings is 1. The van der Waals surface area contributed by atoms with Crippen LogP contribution >= 0.6 is 27.3 Å². The Morgan fingerprint density at radius 2 is 2.20 bits per heavy atom. The van der Waals surface area contributed by atoms with Crippen molar-refractivity contribution in [3.8, 4) is 5.75 Å². The molecular formula is C16H18BrNOS. The van der Waals surface area contributed by atoms with Crippen molar-refractivity contribution in [2.45, 2.75) is 32.9 Å². The lowest BCUT2D eigenvalue weighted by Gasteiger charge is -2.10. The Morgan fingerprint density at radius 1 is 1.30 bits per heavy atom. The topological polar surface area (TPSA) is 21.3 Å². The Bertz CT molecular complexity index is 609. The Labute approximate surface area is 132 Å². The van der Waals surface area contributed by atoms with Crippen LogP contribution in [0.2, 0.25) is 0 Å². The zero-order valence-corrected chi connectivity index (χ0v) is 13.9. The van der Waals surface area contributed by atoms with Crippen LogP contribution in [0.4, 0.5) is 0 Å². The molecule has 0 atom stereocenters. The van der Waals surface area contributed by atoms with E-state index in [1.165, 1.54) is 21.6 Å². The third kappa shape index (κ3) is 2.92. The zero-order valence-electron chi connectivity index (χ0n) is 11.5. The largest absolute Gasteiger partial charge is 0.493 e. The first-order valence-electron chi connectivity index (χ1n) is 6.98. The van der Waals surface area contributed by atoms with Gasteiger partial charge in [0.05, 0.1) is 6.61 Å². The standard InChI is InChI=1S/C16H18BrNOS/c1-2-11-4-6-20-15(11)10-18-9-13-8-14(17)7-12-3-5-19-16(12)13/h4,6-8,18H,2-3,5,9-10H2,1H3. The van der Waals surface area contributed by atoms with Gasteiger partial charge < -0.3 is 10.1 Å². The smallest absolute Gasteiger partial charge is 0.127 e. The van der Waals surface area contributed by atoms with Crippen LogP contribution in [-0.2, 0) is 25.9 Å². The van der Waals surface area contributed by atoms with Crippen LogP contribution < -0.4 is 10.1 Å². The van der Waals surface area contributed by atoms with E-state index in [9.17, 15) is 0 Å².